The van der Waals surface area contributed by atoms with Crippen molar-refractivity contribution in [2.75, 3.05) is 46.6 Å². The molecule has 13 atom stereocenters. The Bertz CT molecular complexity index is 2690. The van der Waals surface area contributed by atoms with E-state index in [1.807, 2.05) is 81.5 Å². The standard InChI is InChI=1S/C28H33NO4.C25H34N2O5.C7H9N/c1-17-4-7-19(8-5-17)29-20-10-12-26(2)18(14-20)6-9-21-22-11-13-28(33,24(32)16-30)27(22,3)15-23(31)25(21)26;1-22-9-7-17(28)11-16(22)5-6-18-19-8-10-24(25(32-15-30-24)13-29-14-31-25)23(19,2)12-20(21(18)22)26-27(3)4;1-6-2-4-7(8)5-3-6/h4-5,7-8,10,12,14,21-22,25,30,33H,6,9,11,13,15-16H2,1-3H3;7,9,11,18-19,21H,5-6,8,10,12-15H2,1-4H3;2-5H,8H2,1H3/b;26-20+;/t21-,22-,25+,26-,27-,28-;18-,19-,21+,22-,23-,24+,25?;/m00./s1. The van der Waals surface area contributed by atoms with Crippen molar-refractivity contribution < 1.29 is 43.5 Å². The zero-order valence-electron chi connectivity index (χ0n) is 44.1. The first-order chi connectivity index (χ1) is 34.7. The van der Waals surface area contributed by atoms with Crippen LogP contribution < -0.4 is 5.73 Å². The van der Waals surface area contributed by atoms with Crippen molar-refractivity contribution in [3.8, 4) is 0 Å². The normalized spacial score (nSPS) is 41.6. The molecule has 0 bridgehead atoms. The lowest BCUT2D eigenvalue weighted by molar-refractivity contribution is -0.242. The van der Waals surface area contributed by atoms with Gasteiger partial charge in [-0.1, -0.05) is 86.4 Å². The number of rotatable bonds is 4. The summed E-state index contributed by atoms with van der Waals surface area (Å²) in [7, 11) is 3.99. The number of aryl methyl sites for hydroxylation is 2. The van der Waals surface area contributed by atoms with Crippen LogP contribution in [0, 0.1) is 71.0 Å². The number of ketones is 3. The fourth-order valence-electron chi connectivity index (χ4n) is 16.4. The first kappa shape index (κ1) is 51.6. The highest BCUT2D eigenvalue weighted by atomic mass is 16.9. The zero-order chi connectivity index (χ0) is 51.9. The quantitative estimate of drug-likeness (QED) is 0.196. The summed E-state index contributed by atoms with van der Waals surface area (Å²) < 4.78 is 24.5. The van der Waals surface area contributed by atoms with Gasteiger partial charge in [-0.3, -0.25) is 14.4 Å². The Labute approximate surface area is 431 Å². The fourth-order valence-corrected chi connectivity index (χ4v) is 16.4. The Hall–Kier alpha value is -4.89. The molecule has 0 radical (unpaired) electrons. The van der Waals surface area contributed by atoms with Gasteiger partial charge in [-0.15, -0.1) is 0 Å². The van der Waals surface area contributed by atoms with Crippen molar-refractivity contribution in [3.05, 3.63) is 107 Å². The number of benzene rings is 2. The summed E-state index contributed by atoms with van der Waals surface area (Å²) in [6, 6.07) is 15.9. The molecule has 73 heavy (non-hydrogen) atoms. The minimum atomic E-state index is -1.61. The number of ether oxygens (including phenoxy) is 4. The third-order valence-corrected chi connectivity index (χ3v) is 20.0. The number of carbonyl (C=O) groups is 3. The van der Waals surface area contributed by atoms with Crippen LogP contribution in [0.5, 0.6) is 0 Å². The molecule has 1 unspecified atom stereocenters. The van der Waals surface area contributed by atoms with Gasteiger partial charge in [-0.05, 0) is 144 Å². The molecule has 6 saturated carbocycles. The van der Waals surface area contributed by atoms with Gasteiger partial charge in [0.1, 0.15) is 30.2 Å². The fraction of sp³-hybridized carbons (Fsp3) is 0.583. The van der Waals surface area contributed by atoms with Crippen molar-refractivity contribution in [2.24, 2.45) is 67.3 Å². The Morgan fingerprint density at radius 3 is 2.00 bits per heavy atom. The average Bonchev–Trinajstić information content (AvgIpc) is 4.12. The van der Waals surface area contributed by atoms with Gasteiger partial charge in [-0.2, -0.15) is 5.10 Å². The number of nitrogen functional groups attached to an aromatic ring is 1. The highest BCUT2D eigenvalue weighted by molar-refractivity contribution is 6.07. The topological polar surface area (TPSA) is 183 Å². The largest absolute Gasteiger partial charge is 0.399 e. The summed E-state index contributed by atoms with van der Waals surface area (Å²) in [6.45, 7) is 13.1. The van der Waals surface area contributed by atoms with E-state index in [1.54, 1.807) is 6.08 Å². The molecule has 2 aliphatic heterocycles. The van der Waals surface area contributed by atoms with E-state index in [2.05, 4.69) is 58.1 Å². The van der Waals surface area contributed by atoms with Gasteiger partial charge in [0.25, 0.3) is 0 Å². The molecule has 4 N–H and O–H groups in total. The number of nitrogens with two attached hydrogens (primary N) is 1. The second kappa shape index (κ2) is 18.7. The first-order valence-electron chi connectivity index (χ1n) is 26.6. The van der Waals surface area contributed by atoms with E-state index in [1.165, 1.54) is 28.0 Å². The predicted octanol–water partition coefficient (Wildman–Crippen LogP) is 9.12. The number of aliphatic imine (C=N–C) groups is 1. The van der Waals surface area contributed by atoms with Gasteiger partial charge in [0.15, 0.2) is 25.2 Å². The van der Waals surface area contributed by atoms with Crippen molar-refractivity contribution in [1.82, 2.24) is 5.01 Å². The molecule has 2 aromatic rings. The molecule has 0 aromatic heterocycles. The highest BCUT2D eigenvalue weighted by Crippen LogP contribution is 2.71. The number of Topliss-reactive ketones (excluding diaryl/α,β-unsaturated/α-hetero) is 2. The van der Waals surface area contributed by atoms with E-state index in [0.29, 0.717) is 31.3 Å². The van der Waals surface area contributed by atoms with Crippen LogP contribution in [-0.2, 0) is 33.3 Å². The van der Waals surface area contributed by atoms with Gasteiger partial charge < -0.3 is 39.9 Å². The minimum absolute atomic E-state index is 0.0927. The lowest BCUT2D eigenvalue weighted by Gasteiger charge is -2.59. The maximum atomic E-state index is 13.7. The molecular formula is C60H76N4O9. The van der Waals surface area contributed by atoms with Gasteiger partial charge in [0.05, 0.1) is 11.4 Å². The summed E-state index contributed by atoms with van der Waals surface area (Å²) in [5.74, 6) is 0.149. The summed E-state index contributed by atoms with van der Waals surface area (Å²) in [5, 5.41) is 27.8. The van der Waals surface area contributed by atoms with Crippen LogP contribution in [-0.4, -0.2) is 102 Å². The lowest BCUT2D eigenvalue weighted by Crippen LogP contribution is -2.65. The van der Waals surface area contributed by atoms with Crippen LogP contribution in [0.25, 0.3) is 0 Å². The van der Waals surface area contributed by atoms with Gasteiger partial charge in [0, 0.05) is 65.4 Å². The van der Waals surface area contributed by atoms with Crippen LogP contribution in [0.3, 0.4) is 0 Å². The molecule has 8 aliphatic carbocycles. The van der Waals surface area contributed by atoms with Gasteiger partial charge in [-0.25, -0.2) is 4.99 Å². The van der Waals surface area contributed by atoms with Crippen LogP contribution in [0.1, 0.15) is 103 Å². The second-order valence-corrected chi connectivity index (χ2v) is 24.0. The number of fused-ring (bicyclic) bond motifs is 12. The minimum Gasteiger partial charge on any atom is -0.399 e. The van der Waals surface area contributed by atoms with Gasteiger partial charge >= 0.3 is 0 Å². The first-order valence-corrected chi connectivity index (χ1v) is 26.6. The highest BCUT2D eigenvalue weighted by Gasteiger charge is 2.77. The number of aliphatic hydroxyl groups is 2. The molecule has 2 saturated heterocycles. The number of hydrogen-bond acceptors (Lipinski definition) is 13. The van der Waals surface area contributed by atoms with Crippen molar-refractivity contribution in [3.63, 3.8) is 0 Å². The summed E-state index contributed by atoms with van der Waals surface area (Å²) in [5.41, 5.74) is 10.6. The molecule has 13 heteroatoms. The SMILES string of the molecule is CN(C)/N=C1\C[C@@]2(C)[C@@H](CC[C@@]23OCOC32COCO2)[C@@H]2CCC3=CC(=O)C=C[C@]3(C)[C@@H]12.Cc1ccc(N)cc1.Cc1ccc(N=C2C=C[C@@]3(C)C(=C2)CC[C@@H]2[C@@H]3C(=O)C[C@@]3(C)[C@H]2CC[C@]3(O)C(=O)CO)cc1. The van der Waals surface area contributed by atoms with Gasteiger partial charge in [0.2, 0.25) is 5.79 Å². The number of allylic oxidation sites excluding steroid dienone is 8. The molecule has 2 spiro atoms. The molecule has 2 heterocycles. The van der Waals surface area contributed by atoms with Crippen LogP contribution in [0.2, 0.25) is 0 Å². The molecule has 10 aliphatic rings. The van der Waals surface area contributed by atoms with E-state index >= 15 is 0 Å². The number of nitrogens with zero attached hydrogens (tertiary/aromatic N) is 3. The van der Waals surface area contributed by atoms with Crippen molar-refractivity contribution in [2.45, 2.75) is 123 Å². The van der Waals surface area contributed by atoms with E-state index in [-0.39, 0.29) is 71.5 Å². The van der Waals surface area contributed by atoms with E-state index in [9.17, 15) is 24.6 Å². The molecule has 8 fully saturated rings. The Morgan fingerprint density at radius 1 is 0.753 bits per heavy atom. The Balaban J connectivity index is 0.000000145. The zero-order valence-corrected chi connectivity index (χ0v) is 44.1. The average molecular weight is 997 g/mol. The number of anilines is 1. The van der Waals surface area contributed by atoms with E-state index < -0.39 is 34.8 Å². The summed E-state index contributed by atoms with van der Waals surface area (Å²) in [6.07, 6.45) is 20.0. The lowest BCUT2D eigenvalue weighted by atomic mass is 9.46. The number of hydrazone groups is 1. The molecule has 0 amide bonds. The predicted molar refractivity (Wildman–Crippen MR) is 280 cm³/mol. The molecular weight excluding hydrogens is 921 g/mol. The molecule has 13 nitrogen and oxygen atoms in total. The third-order valence-electron chi connectivity index (χ3n) is 20.0. The van der Waals surface area contributed by atoms with Crippen LogP contribution in [0.4, 0.5) is 11.4 Å². The maximum Gasteiger partial charge on any atom is 0.226 e. The Morgan fingerprint density at radius 2 is 1.36 bits per heavy atom. The van der Waals surface area contributed by atoms with Crippen LogP contribution >= 0.6 is 0 Å². The summed E-state index contributed by atoms with van der Waals surface area (Å²) >= 11 is 0. The Kier molecular flexibility index (Phi) is 13.2. The summed E-state index contributed by atoms with van der Waals surface area (Å²) in [4.78, 5) is 43.1. The molecule has 390 valence electrons. The number of aliphatic hydroxyl groups excluding tert-OH is 1. The smallest absolute Gasteiger partial charge is 0.226 e. The molecule has 2 aromatic carbocycles. The maximum absolute atomic E-state index is 13.7. The van der Waals surface area contributed by atoms with E-state index in [0.717, 1.165) is 62.0 Å². The second-order valence-electron chi connectivity index (χ2n) is 24.0. The van der Waals surface area contributed by atoms with Crippen molar-refractivity contribution >= 4 is 40.1 Å². The van der Waals surface area contributed by atoms with Crippen LogP contribution in [0.15, 0.2) is 106 Å². The number of carbonyl (C=O) groups excluding carboxylic acids is 3. The van der Waals surface area contributed by atoms with E-state index in [4.69, 9.17) is 34.8 Å². The molecule has 12 rings (SSSR count). The third kappa shape index (κ3) is 8.13. The monoisotopic (exact) mass is 997 g/mol. The number of hydrogen-bond donors (Lipinski definition) is 3. The van der Waals surface area contributed by atoms with Crippen molar-refractivity contribution in [1.29, 1.82) is 0 Å².